The summed E-state index contributed by atoms with van der Waals surface area (Å²) < 4.78 is 3.21. The van der Waals surface area contributed by atoms with E-state index in [1.54, 1.807) is 20.2 Å². The molecule has 0 atom stereocenters. The Bertz CT molecular complexity index is 1050. The molecule has 1 aliphatic heterocycles. The van der Waals surface area contributed by atoms with Gasteiger partial charge in [-0.15, -0.1) is 0 Å². The van der Waals surface area contributed by atoms with E-state index in [1.165, 1.54) is 26.2 Å². The third-order valence-electron chi connectivity index (χ3n) is 4.22. The molecule has 0 N–H and O–H groups in total. The third-order valence-corrected chi connectivity index (χ3v) is 5.60. The van der Waals surface area contributed by atoms with Crippen LogP contribution in [0.2, 0.25) is 0 Å². The van der Waals surface area contributed by atoms with Crippen molar-refractivity contribution in [3.8, 4) is 0 Å². The lowest BCUT2D eigenvalue weighted by atomic mass is 10.1. The van der Waals surface area contributed by atoms with E-state index in [9.17, 15) is 19.7 Å². The standard InChI is InChI=1S/C16H16N4O4S2/c1-4-5-19-14(21)13(26-16(19)25)7-9-6-11-12(8-10(9)20(23)24)18(3)15(22)17(11)2/h6-8H,4-5H2,1-3H3/b13-7+. The number of thioether (sulfide) groups is 1. The number of aromatic nitrogens is 2. The normalized spacial score (nSPS) is 16.3. The van der Waals surface area contributed by atoms with Crippen molar-refractivity contribution in [3.05, 3.63) is 43.2 Å². The summed E-state index contributed by atoms with van der Waals surface area (Å²) >= 11 is 6.35. The number of benzene rings is 1. The molecule has 2 aromatic rings. The van der Waals surface area contributed by atoms with Crippen molar-refractivity contribution in [2.75, 3.05) is 6.54 Å². The molecule has 3 rings (SSSR count). The molecule has 2 heterocycles. The van der Waals surface area contributed by atoms with Crippen molar-refractivity contribution in [3.63, 3.8) is 0 Å². The lowest BCUT2D eigenvalue weighted by molar-refractivity contribution is -0.385. The second kappa shape index (κ2) is 6.69. The number of nitro groups is 1. The summed E-state index contributed by atoms with van der Waals surface area (Å²) in [5.74, 6) is -0.252. The molecule has 0 radical (unpaired) electrons. The van der Waals surface area contributed by atoms with Crippen molar-refractivity contribution < 1.29 is 9.72 Å². The highest BCUT2D eigenvalue weighted by Gasteiger charge is 2.32. The van der Waals surface area contributed by atoms with Gasteiger partial charge in [-0.2, -0.15) is 0 Å². The topological polar surface area (TPSA) is 90.4 Å². The van der Waals surface area contributed by atoms with Crippen LogP contribution in [0.5, 0.6) is 0 Å². The van der Waals surface area contributed by atoms with Crippen LogP contribution in [0.1, 0.15) is 18.9 Å². The Morgan fingerprint density at radius 3 is 2.42 bits per heavy atom. The number of hydrogen-bond donors (Lipinski definition) is 0. The van der Waals surface area contributed by atoms with Gasteiger partial charge in [-0.3, -0.25) is 28.9 Å². The van der Waals surface area contributed by atoms with Gasteiger partial charge in [0.05, 0.1) is 26.4 Å². The van der Waals surface area contributed by atoms with Crippen LogP contribution >= 0.6 is 24.0 Å². The fourth-order valence-electron chi connectivity index (χ4n) is 2.88. The highest BCUT2D eigenvalue weighted by molar-refractivity contribution is 8.26. The molecule has 1 fully saturated rings. The lowest BCUT2D eigenvalue weighted by Gasteiger charge is -2.11. The van der Waals surface area contributed by atoms with E-state index >= 15 is 0 Å². The number of hydrogen-bond acceptors (Lipinski definition) is 6. The number of nitrogens with zero attached hydrogens (tertiary/aromatic N) is 4. The van der Waals surface area contributed by atoms with Crippen LogP contribution in [-0.2, 0) is 18.9 Å². The van der Waals surface area contributed by atoms with Gasteiger partial charge in [-0.05, 0) is 18.6 Å². The van der Waals surface area contributed by atoms with Crippen LogP contribution in [0.3, 0.4) is 0 Å². The molecule has 1 aromatic carbocycles. The lowest BCUT2D eigenvalue weighted by Crippen LogP contribution is -2.28. The van der Waals surface area contributed by atoms with Gasteiger partial charge < -0.3 is 0 Å². The van der Waals surface area contributed by atoms with Crippen molar-refractivity contribution in [1.29, 1.82) is 0 Å². The summed E-state index contributed by atoms with van der Waals surface area (Å²) in [7, 11) is 3.16. The number of nitro benzene ring substituents is 1. The molecule has 0 unspecified atom stereocenters. The summed E-state index contributed by atoms with van der Waals surface area (Å²) in [6, 6.07) is 2.91. The molecule has 0 spiro atoms. The number of carbonyl (C=O) groups is 1. The van der Waals surface area contributed by atoms with E-state index in [1.807, 2.05) is 6.92 Å². The molecule has 1 aromatic heterocycles. The van der Waals surface area contributed by atoms with Gasteiger partial charge in [0.2, 0.25) is 0 Å². The van der Waals surface area contributed by atoms with Gasteiger partial charge in [-0.25, -0.2) is 4.79 Å². The zero-order valence-electron chi connectivity index (χ0n) is 14.4. The number of thiocarbonyl (C=S) groups is 1. The van der Waals surface area contributed by atoms with Gasteiger partial charge in [0, 0.05) is 26.7 Å². The van der Waals surface area contributed by atoms with E-state index in [2.05, 4.69) is 0 Å². The van der Waals surface area contributed by atoms with Crippen LogP contribution < -0.4 is 5.69 Å². The Morgan fingerprint density at radius 1 is 1.23 bits per heavy atom. The first-order valence-corrected chi connectivity index (χ1v) is 9.08. The molecule has 1 saturated heterocycles. The second-order valence-electron chi connectivity index (χ2n) is 5.89. The van der Waals surface area contributed by atoms with Gasteiger partial charge in [0.15, 0.2) is 0 Å². The highest BCUT2D eigenvalue weighted by Crippen LogP contribution is 2.35. The Morgan fingerprint density at radius 2 is 1.85 bits per heavy atom. The maximum absolute atomic E-state index is 12.5. The number of fused-ring (bicyclic) bond motifs is 1. The largest absolute Gasteiger partial charge is 0.328 e. The number of carbonyl (C=O) groups excluding carboxylic acids is 1. The first-order valence-electron chi connectivity index (χ1n) is 7.85. The van der Waals surface area contributed by atoms with Crippen molar-refractivity contribution >= 4 is 57.0 Å². The summed E-state index contributed by atoms with van der Waals surface area (Å²) in [6.45, 7) is 2.45. The van der Waals surface area contributed by atoms with Crippen molar-refractivity contribution in [2.45, 2.75) is 13.3 Å². The molecule has 0 aliphatic carbocycles. The molecule has 136 valence electrons. The monoisotopic (exact) mass is 392 g/mol. The molecule has 1 aliphatic rings. The van der Waals surface area contributed by atoms with Gasteiger partial charge in [-0.1, -0.05) is 30.9 Å². The predicted octanol–water partition coefficient (Wildman–Crippen LogP) is 2.40. The zero-order chi connectivity index (χ0) is 19.2. The Kier molecular flexibility index (Phi) is 4.72. The quantitative estimate of drug-likeness (QED) is 0.343. The number of imidazole rings is 1. The van der Waals surface area contributed by atoms with Crippen molar-refractivity contribution in [2.24, 2.45) is 14.1 Å². The minimum Gasteiger partial charge on any atom is -0.295 e. The van der Waals surface area contributed by atoms with Crippen molar-refractivity contribution in [1.82, 2.24) is 14.0 Å². The van der Waals surface area contributed by atoms with E-state index in [0.717, 1.165) is 18.2 Å². The first kappa shape index (κ1) is 18.3. The van der Waals surface area contributed by atoms with E-state index in [-0.39, 0.29) is 22.8 Å². The smallest absolute Gasteiger partial charge is 0.295 e. The fraction of sp³-hybridized carbons (Fsp3) is 0.312. The van der Waals surface area contributed by atoms with Gasteiger partial charge in [0.25, 0.3) is 11.6 Å². The van der Waals surface area contributed by atoms with Gasteiger partial charge >= 0.3 is 5.69 Å². The minimum atomic E-state index is -0.518. The Labute approximate surface area is 158 Å². The third kappa shape index (κ3) is 2.84. The predicted molar refractivity (Wildman–Crippen MR) is 105 cm³/mol. The molecule has 26 heavy (non-hydrogen) atoms. The zero-order valence-corrected chi connectivity index (χ0v) is 16.0. The molecule has 0 saturated carbocycles. The average Bonchev–Trinajstić information content (AvgIpc) is 2.97. The van der Waals surface area contributed by atoms with E-state index in [0.29, 0.717) is 26.8 Å². The van der Waals surface area contributed by atoms with Gasteiger partial charge in [0.1, 0.15) is 4.32 Å². The number of rotatable bonds is 4. The first-order chi connectivity index (χ1) is 12.3. The molecule has 8 nitrogen and oxygen atoms in total. The summed E-state index contributed by atoms with van der Waals surface area (Å²) in [6.07, 6.45) is 2.24. The Balaban J connectivity index is 2.18. The maximum atomic E-state index is 12.5. The van der Waals surface area contributed by atoms with Crippen LogP contribution in [0.4, 0.5) is 5.69 Å². The molecular weight excluding hydrogens is 376 g/mol. The van der Waals surface area contributed by atoms with Crippen LogP contribution in [0.15, 0.2) is 21.8 Å². The molecule has 10 heteroatoms. The SMILES string of the molecule is CCCN1C(=O)/C(=C\c2cc3c(cc2[N+](=O)[O-])n(C)c(=O)n3C)SC1=S. The van der Waals surface area contributed by atoms with Crippen LogP contribution in [0, 0.1) is 10.1 Å². The summed E-state index contributed by atoms with van der Waals surface area (Å²) in [5.41, 5.74) is 0.833. The molecule has 1 amide bonds. The van der Waals surface area contributed by atoms with E-state index < -0.39 is 4.92 Å². The minimum absolute atomic E-state index is 0.167. The average molecular weight is 392 g/mol. The van der Waals surface area contributed by atoms with E-state index in [4.69, 9.17) is 12.2 Å². The number of amides is 1. The molecular formula is C16H16N4O4S2. The van der Waals surface area contributed by atoms with Crippen LogP contribution in [0.25, 0.3) is 17.1 Å². The second-order valence-corrected chi connectivity index (χ2v) is 7.57. The summed E-state index contributed by atoms with van der Waals surface area (Å²) in [5, 5.41) is 11.5. The maximum Gasteiger partial charge on any atom is 0.328 e. The molecule has 0 bridgehead atoms. The summed E-state index contributed by atoms with van der Waals surface area (Å²) in [4.78, 5) is 37.4. The fourth-order valence-corrected chi connectivity index (χ4v) is 4.18. The Hall–Kier alpha value is -2.46. The van der Waals surface area contributed by atoms with Crippen LogP contribution in [-0.4, -0.2) is 35.7 Å². The highest BCUT2D eigenvalue weighted by atomic mass is 32.2. The number of aryl methyl sites for hydroxylation is 2.